The first kappa shape index (κ1) is 15.9. The van der Waals surface area contributed by atoms with Gasteiger partial charge in [0, 0.05) is 16.3 Å². The standard InChI is InChI=1S/C22H16N2O2S/c25-27(26,18-10-2-1-3-11-18)24-21-13-7-5-9-17(21)15-22(24)20-14-16-8-4-6-12-19(16)23-20/h1-15,23H. The Morgan fingerprint density at radius 2 is 1.37 bits per heavy atom. The third-order valence-corrected chi connectivity index (χ3v) is 6.50. The summed E-state index contributed by atoms with van der Waals surface area (Å²) in [6.45, 7) is 0. The van der Waals surface area contributed by atoms with Gasteiger partial charge in [-0.05, 0) is 36.4 Å². The number of fused-ring (bicyclic) bond motifs is 2. The summed E-state index contributed by atoms with van der Waals surface area (Å²) in [5.41, 5.74) is 3.03. The van der Waals surface area contributed by atoms with E-state index in [9.17, 15) is 8.42 Å². The largest absolute Gasteiger partial charge is 0.353 e. The van der Waals surface area contributed by atoms with Gasteiger partial charge in [-0.1, -0.05) is 54.6 Å². The molecule has 2 aromatic heterocycles. The lowest BCUT2D eigenvalue weighted by atomic mass is 10.2. The molecule has 27 heavy (non-hydrogen) atoms. The SMILES string of the molecule is O=S(=O)(c1ccccc1)n1c(-c2cc3ccccc3[nH]2)cc2ccccc21. The highest BCUT2D eigenvalue weighted by Gasteiger charge is 2.24. The van der Waals surface area contributed by atoms with E-state index in [1.54, 1.807) is 24.3 Å². The maximum atomic E-state index is 13.5. The van der Waals surface area contributed by atoms with Gasteiger partial charge >= 0.3 is 0 Å². The average Bonchev–Trinajstić information content (AvgIpc) is 3.30. The van der Waals surface area contributed by atoms with Crippen LogP contribution in [0.25, 0.3) is 33.2 Å². The fourth-order valence-electron chi connectivity index (χ4n) is 3.49. The molecule has 0 saturated carbocycles. The molecule has 0 saturated heterocycles. The van der Waals surface area contributed by atoms with Crippen LogP contribution in [0, 0.1) is 0 Å². The maximum Gasteiger partial charge on any atom is 0.268 e. The molecule has 0 bridgehead atoms. The number of benzene rings is 3. The second-order valence-electron chi connectivity index (χ2n) is 6.44. The molecule has 2 heterocycles. The van der Waals surface area contributed by atoms with Crippen LogP contribution in [0.5, 0.6) is 0 Å². The summed E-state index contributed by atoms with van der Waals surface area (Å²) in [6.07, 6.45) is 0. The first-order valence-corrected chi connectivity index (χ1v) is 10.1. The minimum Gasteiger partial charge on any atom is -0.353 e. The minimum absolute atomic E-state index is 0.267. The van der Waals surface area contributed by atoms with Gasteiger partial charge in [0.25, 0.3) is 10.0 Å². The molecule has 5 aromatic rings. The van der Waals surface area contributed by atoms with Gasteiger partial charge < -0.3 is 4.98 Å². The van der Waals surface area contributed by atoms with Crippen LogP contribution in [0.15, 0.2) is 95.9 Å². The molecule has 0 atom stereocenters. The Kier molecular flexibility index (Phi) is 3.45. The predicted octanol–water partition coefficient (Wildman–Crippen LogP) is 5.03. The zero-order chi connectivity index (χ0) is 18.4. The van der Waals surface area contributed by atoms with E-state index in [4.69, 9.17) is 0 Å². The summed E-state index contributed by atoms with van der Waals surface area (Å²) in [5.74, 6) is 0. The third-order valence-electron chi connectivity index (χ3n) is 4.75. The first-order chi connectivity index (χ1) is 13.1. The number of aromatic nitrogens is 2. The van der Waals surface area contributed by atoms with Crippen molar-refractivity contribution in [1.29, 1.82) is 0 Å². The van der Waals surface area contributed by atoms with E-state index in [0.29, 0.717) is 11.2 Å². The summed E-state index contributed by atoms with van der Waals surface area (Å²) in [7, 11) is -3.74. The highest BCUT2D eigenvalue weighted by molar-refractivity contribution is 7.90. The molecule has 0 aliphatic rings. The van der Waals surface area contributed by atoms with Gasteiger partial charge in [0.05, 0.1) is 21.8 Å². The lowest BCUT2D eigenvalue weighted by Crippen LogP contribution is -2.14. The van der Waals surface area contributed by atoms with Gasteiger partial charge in [-0.25, -0.2) is 12.4 Å². The smallest absolute Gasteiger partial charge is 0.268 e. The minimum atomic E-state index is -3.74. The predicted molar refractivity (Wildman–Crippen MR) is 108 cm³/mol. The van der Waals surface area contributed by atoms with Crippen molar-refractivity contribution in [2.45, 2.75) is 4.90 Å². The lowest BCUT2D eigenvalue weighted by molar-refractivity contribution is 0.589. The Labute approximate surface area is 156 Å². The molecule has 0 unspecified atom stereocenters. The lowest BCUT2D eigenvalue weighted by Gasteiger charge is -2.11. The van der Waals surface area contributed by atoms with Crippen molar-refractivity contribution < 1.29 is 8.42 Å². The van der Waals surface area contributed by atoms with Crippen molar-refractivity contribution in [3.05, 3.63) is 91.0 Å². The molecule has 4 nitrogen and oxygen atoms in total. The Hall–Kier alpha value is -3.31. The van der Waals surface area contributed by atoms with Crippen molar-refractivity contribution in [2.24, 2.45) is 0 Å². The Morgan fingerprint density at radius 1 is 0.704 bits per heavy atom. The molecule has 5 heteroatoms. The van der Waals surface area contributed by atoms with Crippen LogP contribution < -0.4 is 0 Å². The zero-order valence-corrected chi connectivity index (χ0v) is 15.1. The normalized spacial score (nSPS) is 12.0. The molecule has 3 aromatic carbocycles. The summed E-state index contributed by atoms with van der Waals surface area (Å²) >= 11 is 0. The Balaban J connectivity index is 1.85. The number of nitrogens with one attached hydrogen (secondary N) is 1. The fraction of sp³-hybridized carbons (Fsp3) is 0. The molecule has 132 valence electrons. The Morgan fingerprint density at radius 3 is 2.15 bits per heavy atom. The van der Waals surface area contributed by atoms with Crippen molar-refractivity contribution in [1.82, 2.24) is 8.96 Å². The second-order valence-corrected chi connectivity index (χ2v) is 8.23. The van der Waals surface area contributed by atoms with Crippen LogP contribution in [-0.2, 0) is 10.0 Å². The first-order valence-electron chi connectivity index (χ1n) is 8.64. The van der Waals surface area contributed by atoms with E-state index in [0.717, 1.165) is 22.0 Å². The van der Waals surface area contributed by atoms with Crippen molar-refractivity contribution in [2.75, 3.05) is 0 Å². The van der Waals surface area contributed by atoms with E-state index < -0.39 is 10.0 Å². The van der Waals surface area contributed by atoms with Gasteiger partial charge in [0.1, 0.15) is 0 Å². The molecule has 5 rings (SSSR count). The number of nitrogens with zero attached hydrogens (tertiary/aromatic N) is 1. The van der Waals surface area contributed by atoms with Crippen molar-refractivity contribution in [3.8, 4) is 11.4 Å². The van der Waals surface area contributed by atoms with E-state index >= 15 is 0 Å². The van der Waals surface area contributed by atoms with Crippen LogP contribution >= 0.6 is 0 Å². The third kappa shape index (κ3) is 2.47. The quantitative estimate of drug-likeness (QED) is 0.483. The highest BCUT2D eigenvalue weighted by Crippen LogP contribution is 2.33. The summed E-state index contributed by atoms with van der Waals surface area (Å²) in [5, 5.41) is 1.92. The van der Waals surface area contributed by atoms with E-state index in [1.807, 2.05) is 66.7 Å². The summed E-state index contributed by atoms with van der Waals surface area (Å²) in [4.78, 5) is 3.62. The van der Waals surface area contributed by atoms with Crippen LogP contribution in [0.2, 0.25) is 0 Å². The summed E-state index contributed by atoms with van der Waals surface area (Å²) in [6, 6.07) is 27.9. The van der Waals surface area contributed by atoms with Crippen LogP contribution in [0.4, 0.5) is 0 Å². The van der Waals surface area contributed by atoms with Gasteiger partial charge in [-0.2, -0.15) is 0 Å². The van der Waals surface area contributed by atoms with Gasteiger partial charge in [0.2, 0.25) is 0 Å². The number of rotatable bonds is 3. The number of para-hydroxylation sites is 2. The van der Waals surface area contributed by atoms with E-state index in [2.05, 4.69) is 4.98 Å². The molecule has 0 spiro atoms. The molecule has 0 fully saturated rings. The molecule has 0 aliphatic heterocycles. The molecule has 0 amide bonds. The Bertz CT molecular complexity index is 1350. The molecule has 0 aliphatic carbocycles. The average molecular weight is 372 g/mol. The van der Waals surface area contributed by atoms with Gasteiger partial charge in [-0.3, -0.25) is 0 Å². The fourth-order valence-corrected chi connectivity index (χ4v) is 5.03. The topological polar surface area (TPSA) is 54.9 Å². The van der Waals surface area contributed by atoms with E-state index in [-0.39, 0.29) is 4.90 Å². The highest BCUT2D eigenvalue weighted by atomic mass is 32.2. The maximum absolute atomic E-state index is 13.5. The van der Waals surface area contributed by atoms with Gasteiger partial charge in [-0.15, -0.1) is 0 Å². The van der Waals surface area contributed by atoms with Crippen molar-refractivity contribution in [3.63, 3.8) is 0 Å². The summed E-state index contributed by atoms with van der Waals surface area (Å²) < 4.78 is 28.4. The molecular formula is C22H16N2O2S. The number of hydrogen-bond donors (Lipinski definition) is 1. The number of hydrogen-bond acceptors (Lipinski definition) is 2. The van der Waals surface area contributed by atoms with Crippen LogP contribution in [0.1, 0.15) is 0 Å². The van der Waals surface area contributed by atoms with Crippen molar-refractivity contribution >= 4 is 31.8 Å². The molecule has 1 N–H and O–H groups in total. The zero-order valence-electron chi connectivity index (χ0n) is 14.3. The van der Waals surface area contributed by atoms with E-state index in [1.165, 1.54) is 3.97 Å². The molecule has 0 radical (unpaired) electrons. The monoisotopic (exact) mass is 372 g/mol. The molecular weight excluding hydrogens is 356 g/mol. The second kappa shape index (κ2) is 5.86. The van der Waals surface area contributed by atoms with Crippen LogP contribution in [-0.4, -0.2) is 17.4 Å². The number of H-pyrrole nitrogens is 1. The number of aromatic amines is 1. The van der Waals surface area contributed by atoms with Gasteiger partial charge in [0.15, 0.2) is 0 Å². The van der Waals surface area contributed by atoms with Crippen LogP contribution in [0.3, 0.4) is 0 Å².